The molecule has 0 aliphatic carbocycles. The van der Waals surface area contributed by atoms with Crippen molar-refractivity contribution >= 4 is 39.1 Å². The molecule has 2 aromatic rings. The molecule has 6 nitrogen and oxygen atoms in total. The fourth-order valence-corrected chi connectivity index (χ4v) is 5.28. The first-order valence-electron chi connectivity index (χ1n) is 8.39. The van der Waals surface area contributed by atoms with Crippen molar-refractivity contribution in [1.29, 1.82) is 0 Å². The van der Waals surface area contributed by atoms with Gasteiger partial charge in [0.2, 0.25) is 10.0 Å². The van der Waals surface area contributed by atoms with Crippen LogP contribution in [0.15, 0.2) is 58.3 Å². The Labute approximate surface area is 158 Å². The Kier molecular flexibility index (Phi) is 5.55. The molecular weight excluding hydrogens is 370 g/mol. The van der Waals surface area contributed by atoms with E-state index in [1.807, 2.05) is 38.1 Å². The first kappa shape index (κ1) is 18.8. The van der Waals surface area contributed by atoms with Gasteiger partial charge in [-0.1, -0.05) is 43.8 Å². The van der Waals surface area contributed by atoms with E-state index >= 15 is 0 Å². The number of anilines is 2. The second-order valence-corrected chi connectivity index (χ2v) is 8.83. The molecule has 0 radical (unpaired) electrons. The number of carbonyl (C=O) groups excluding carboxylic acids is 1. The number of thioether (sulfide) groups is 1. The van der Waals surface area contributed by atoms with E-state index in [4.69, 9.17) is 0 Å². The van der Waals surface area contributed by atoms with E-state index in [1.165, 1.54) is 16.1 Å². The summed E-state index contributed by atoms with van der Waals surface area (Å²) in [6.45, 7) is 4.44. The summed E-state index contributed by atoms with van der Waals surface area (Å²) in [7, 11) is -3.54. The van der Waals surface area contributed by atoms with Crippen molar-refractivity contribution in [3.8, 4) is 0 Å². The Balaban J connectivity index is 1.83. The summed E-state index contributed by atoms with van der Waals surface area (Å²) in [6.07, 6.45) is 0. The molecule has 0 fully saturated rings. The third kappa shape index (κ3) is 3.72. The molecule has 1 aliphatic heterocycles. The van der Waals surface area contributed by atoms with Crippen LogP contribution < -0.4 is 10.6 Å². The largest absolute Gasteiger partial charge is 0.365 e. The monoisotopic (exact) mass is 391 g/mol. The fraction of sp³-hybridized carbons (Fsp3) is 0.278. The van der Waals surface area contributed by atoms with Gasteiger partial charge in [-0.25, -0.2) is 8.42 Å². The van der Waals surface area contributed by atoms with Gasteiger partial charge in [0, 0.05) is 23.7 Å². The van der Waals surface area contributed by atoms with Gasteiger partial charge in [-0.2, -0.15) is 4.31 Å². The molecule has 0 unspecified atom stereocenters. The predicted molar refractivity (Wildman–Crippen MR) is 105 cm³/mol. The van der Waals surface area contributed by atoms with Gasteiger partial charge < -0.3 is 10.6 Å². The molecule has 26 heavy (non-hydrogen) atoms. The second kappa shape index (κ2) is 7.69. The van der Waals surface area contributed by atoms with Crippen LogP contribution in [-0.4, -0.2) is 37.1 Å². The van der Waals surface area contributed by atoms with Crippen LogP contribution in [0.2, 0.25) is 0 Å². The average Bonchev–Trinajstić information content (AvgIpc) is 2.63. The molecule has 3 rings (SSSR count). The molecular formula is C18H21N3O3S2. The molecule has 0 aromatic heterocycles. The van der Waals surface area contributed by atoms with Crippen molar-refractivity contribution in [2.45, 2.75) is 29.0 Å². The Morgan fingerprint density at radius 1 is 1.12 bits per heavy atom. The second-order valence-electron chi connectivity index (χ2n) is 5.74. The van der Waals surface area contributed by atoms with Crippen LogP contribution in [0.3, 0.4) is 0 Å². The van der Waals surface area contributed by atoms with Crippen LogP contribution in [0.1, 0.15) is 13.8 Å². The highest BCUT2D eigenvalue weighted by Crippen LogP contribution is 2.35. The Morgan fingerprint density at radius 2 is 1.85 bits per heavy atom. The molecule has 2 aromatic carbocycles. The van der Waals surface area contributed by atoms with Gasteiger partial charge in [-0.15, -0.1) is 0 Å². The molecule has 0 saturated heterocycles. The number of benzene rings is 2. The number of hydrogen-bond donors (Lipinski definition) is 2. The van der Waals surface area contributed by atoms with Crippen LogP contribution in [-0.2, 0) is 14.8 Å². The van der Waals surface area contributed by atoms with E-state index in [1.54, 1.807) is 24.3 Å². The van der Waals surface area contributed by atoms with Crippen molar-refractivity contribution in [2.24, 2.45) is 0 Å². The lowest BCUT2D eigenvalue weighted by molar-refractivity contribution is -0.115. The summed E-state index contributed by atoms with van der Waals surface area (Å²) in [4.78, 5) is 13.5. The number of hydrogen-bond acceptors (Lipinski definition) is 5. The Bertz CT molecular complexity index is 911. The van der Waals surface area contributed by atoms with Crippen LogP contribution >= 0.6 is 11.8 Å². The summed E-state index contributed by atoms with van der Waals surface area (Å²) in [5.74, 6) is -0.161. The van der Waals surface area contributed by atoms with E-state index in [9.17, 15) is 13.2 Å². The predicted octanol–water partition coefficient (Wildman–Crippen LogP) is 3.20. The normalized spacial score (nSPS) is 16.9. The van der Waals surface area contributed by atoms with Crippen molar-refractivity contribution < 1.29 is 13.2 Å². The van der Waals surface area contributed by atoms with Crippen molar-refractivity contribution in [2.75, 3.05) is 23.7 Å². The van der Waals surface area contributed by atoms with Crippen LogP contribution in [0.4, 0.5) is 11.4 Å². The molecule has 2 N–H and O–H groups in total. The summed E-state index contributed by atoms with van der Waals surface area (Å²) in [6, 6.07) is 14.2. The highest BCUT2D eigenvalue weighted by Gasteiger charge is 2.27. The van der Waals surface area contributed by atoms with Gasteiger partial charge in [-0.05, 0) is 30.3 Å². The number of nitrogens with zero attached hydrogens (tertiary/aromatic N) is 1. The maximum atomic E-state index is 12.7. The quantitative estimate of drug-likeness (QED) is 0.791. The maximum Gasteiger partial charge on any atom is 0.257 e. The molecule has 1 aliphatic rings. The lowest BCUT2D eigenvalue weighted by Gasteiger charge is -2.25. The van der Waals surface area contributed by atoms with Gasteiger partial charge in [0.15, 0.2) is 5.37 Å². The number of nitrogens with one attached hydrogen (secondary N) is 2. The molecule has 1 atom stereocenters. The number of fused-ring (bicyclic) bond motifs is 1. The third-order valence-electron chi connectivity index (χ3n) is 4.10. The Morgan fingerprint density at radius 3 is 2.58 bits per heavy atom. The van der Waals surface area contributed by atoms with Gasteiger partial charge in [0.05, 0.1) is 10.6 Å². The fourth-order valence-electron chi connectivity index (χ4n) is 2.76. The first-order chi connectivity index (χ1) is 12.5. The SMILES string of the molecule is CCN(CC)S(=O)(=O)c1cccc(N[C@H]2Sc3ccccc3NC2=O)c1. The lowest BCUT2D eigenvalue weighted by atomic mass is 10.3. The van der Waals surface area contributed by atoms with Crippen LogP contribution in [0.5, 0.6) is 0 Å². The number of rotatable bonds is 6. The van der Waals surface area contributed by atoms with Gasteiger partial charge in [0.1, 0.15) is 0 Å². The zero-order valence-corrected chi connectivity index (χ0v) is 16.2. The molecule has 0 spiro atoms. The van der Waals surface area contributed by atoms with E-state index in [0.29, 0.717) is 18.8 Å². The third-order valence-corrected chi connectivity index (χ3v) is 7.33. The summed E-state index contributed by atoms with van der Waals surface area (Å²) in [5, 5.41) is 5.46. The van der Waals surface area contributed by atoms with Gasteiger partial charge in [0.25, 0.3) is 5.91 Å². The zero-order chi connectivity index (χ0) is 18.7. The smallest absolute Gasteiger partial charge is 0.257 e. The van der Waals surface area contributed by atoms with Crippen LogP contribution in [0, 0.1) is 0 Å². The molecule has 1 amide bonds. The molecule has 0 saturated carbocycles. The first-order valence-corrected chi connectivity index (χ1v) is 10.7. The number of para-hydroxylation sites is 1. The molecule has 1 heterocycles. The average molecular weight is 392 g/mol. The minimum absolute atomic E-state index is 0.161. The van der Waals surface area contributed by atoms with Crippen molar-refractivity contribution in [3.63, 3.8) is 0 Å². The van der Waals surface area contributed by atoms with Crippen molar-refractivity contribution in [3.05, 3.63) is 48.5 Å². The highest BCUT2D eigenvalue weighted by atomic mass is 32.2. The van der Waals surface area contributed by atoms with E-state index in [-0.39, 0.29) is 10.8 Å². The molecule has 0 bridgehead atoms. The standard InChI is InChI=1S/C18H21N3O3S2/c1-3-21(4-2)26(23,24)14-9-7-8-13(12-14)19-18-17(22)20-15-10-5-6-11-16(15)25-18/h5-12,18-19H,3-4H2,1-2H3,(H,20,22)/t18-/m0/s1. The maximum absolute atomic E-state index is 12.7. The van der Waals surface area contributed by atoms with Gasteiger partial charge >= 0.3 is 0 Å². The van der Waals surface area contributed by atoms with E-state index in [0.717, 1.165) is 10.6 Å². The van der Waals surface area contributed by atoms with Gasteiger partial charge in [-0.3, -0.25) is 4.79 Å². The minimum Gasteiger partial charge on any atom is -0.365 e. The summed E-state index contributed by atoms with van der Waals surface area (Å²) < 4.78 is 26.8. The number of sulfonamides is 1. The minimum atomic E-state index is -3.54. The Hall–Kier alpha value is -2.03. The number of amides is 1. The summed E-state index contributed by atoms with van der Waals surface area (Å²) in [5.41, 5.74) is 1.38. The number of carbonyl (C=O) groups is 1. The molecule has 138 valence electrons. The topological polar surface area (TPSA) is 78.5 Å². The lowest BCUT2D eigenvalue weighted by Crippen LogP contribution is -2.35. The van der Waals surface area contributed by atoms with E-state index < -0.39 is 15.4 Å². The van der Waals surface area contributed by atoms with E-state index in [2.05, 4.69) is 10.6 Å². The summed E-state index contributed by atoms with van der Waals surface area (Å²) >= 11 is 1.41. The van der Waals surface area contributed by atoms with Crippen molar-refractivity contribution in [1.82, 2.24) is 4.31 Å². The zero-order valence-electron chi connectivity index (χ0n) is 14.6. The van der Waals surface area contributed by atoms with Crippen LogP contribution in [0.25, 0.3) is 0 Å². The molecule has 8 heteroatoms. The highest BCUT2D eigenvalue weighted by molar-refractivity contribution is 8.01.